The molecule has 0 saturated carbocycles. The minimum absolute atomic E-state index is 0.302. The molecular formula is C12H12O4. The topological polar surface area (TPSA) is 44.8 Å². The highest BCUT2D eigenvalue weighted by atomic mass is 16.7. The summed E-state index contributed by atoms with van der Waals surface area (Å²) in [6.45, 7) is 1.13. The summed E-state index contributed by atoms with van der Waals surface area (Å²) in [6, 6.07) is 7.16. The van der Waals surface area contributed by atoms with E-state index in [-0.39, 0.29) is 5.97 Å². The molecule has 1 spiro atoms. The van der Waals surface area contributed by atoms with Crippen molar-refractivity contribution < 1.29 is 19.0 Å². The van der Waals surface area contributed by atoms with Crippen LogP contribution in [0.3, 0.4) is 0 Å². The van der Waals surface area contributed by atoms with Gasteiger partial charge in [-0.2, -0.15) is 0 Å². The van der Waals surface area contributed by atoms with E-state index in [9.17, 15) is 4.79 Å². The Labute approximate surface area is 93.1 Å². The fourth-order valence-corrected chi connectivity index (χ4v) is 2.06. The van der Waals surface area contributed by atoms with E-state index in [0.717, 1.165) is 0 Å². The predicted molar refractivity (Wildman–Crippen MR) is 55.3 cm³/mol. The number of hydrogen-bond donors (Lipinski definition) is 0. The molecule has 84 valence electrons. The Kier molecular flexibility index (Phi) is 2.11. The molecule has 3 rings (SSSR count). The van der Waals surface area contributed by atoms with Crippen molar-refractivity contribution >= 4 is 5.97 Å². The standard InChI is InChI=1S/C12H12O4/c13-11-9-3-1-2-4-10(9)15-12(16-11)5-7-14-8-6-12/h1-4H,5-8H2. The lowest BCUT2D eigenvalue weighted by Crippen LogP contribution is -2.48. The van der Waals surface area contributed by atoms with E-state index in [4.69, 9.17) is 14.2 Å². The third-order valence-electron chi connectivity index (χ3n) is 2.94. The molecule has 2 aliphatic rings. The predicted octanol–water partition coefficient (Wildman–Crippen LogP) is 1.74. The first-order chi connectivity index (χ1) is 7.79. The highest BCUT2D eigenvalue weighted by molar-refractivity contribution is 5.93. The van der Waals surface area contributed by atoms with Crippen molar-refractivity contribution in [1.82, 2.24) is 0 Å². The lowest BCUT2D eigenvalue weighted by molar-refractivity contribution is -0.197. The summed E-state index contributed by atoms with van der Waals surface area (Å²) in [5, 5.41) is 0. The van der Waals surface area contributed by atoms with Crippen molar-refractivity contribution in [3.05, 3.63) is 29.8 Å². The summed E-state index contributed by atoms with van der Waals surface area (Å²) in [6.07, 6.45) is 1.18. The molecule has 16 heavy (non-hydrogen) atoms. The molecule has 4 nitrogen and oxygen atoms in total. The minimum Gasteiger partial charge on any atom is -0.451 e. The van der Waals surface area contributed by atoms with Gasteiger partial charge in [-0.3, -0.25) is 0 Å². The van der Waals surface area contributed by atoms with Crippen LogP contribution in [0.15, 0.2) is 24.3 Å². The van der Waals surface area contributed by atoms with Gasteiger partial charge in [0.25, 0.3) is 5.79 Å². The SMILES string of the molecule is O=C1OC2(CCOCC2)Oc2ccccc21. The van der Waals surface area contributed by atoms with Crippen molar-refractivity contribution in [3.8, 4) is 5.75 Å². The first kappa shape index (κ1) is 9.66. The Hall–Kier alpha value is -1.55. The van der Waals surface area contributed by atoms with Crippen LogP contribution in [0.4, 0.5) is 0 Å². The second kappa shape index (κ2) is 3.49. The number of ether oxygens (including phenoxy) is 3. The van der Waals surface area contributed by atoms with Crippen LogP contribution >= 0.6 is 0 Å². The maximum atomic E-state index is 11.8. The number of para-hydroxylation sites is 1. The van der Waals surface area contributed by atoms with Crippen LogP contribution in [0, 0.1) is 0 Å². The number of fused-ring (bicyclic) bond motifs is 1. The van der Waals surface area contributed by atoms with Gasteiger partial charge < -0.3 is 14.2 Å². The quantitative estimate of drug-likeness (QED) is 0.625. The van der Waals surface area contributed by atoms with Gasteiger partial charge in [0.1, 0.15) is 11.3 Å². The van der Waals surface area contributed by atoms with Gasteiger partial charge in [-0.05, 0) is 12.1 Å². The van der Waals surface area contributed by atoms with Gasteiger partial charge in [-0.1, -0.05) is 12.1 Å². The molecule has 1 fully saturated rings. The zero-order valence-electron chi connectivity index (χ0n) is 8.77. The molecule has 0 radical (unpaired) electrons. The Balaban J connectivity index is 1.96. The Morgan fingerprint density at radius 1 is 1.06 bits per heavy atom. The number of rotatable bonds is 0. The largest absolute Gasteiger partial charge is 0.451 e. The number of carbonyl (C=O) groups excluding carboxylic acids is 1. The summed E-state index contributed by atoms with van der Waals surface area (Å²) in [5.74, 6) is -0.492. The van der Waals surface area contributed by atoms with Crippen LogP contribution in [0.5, 0.6) is 5.75 Å². The molecule has 0 amide bonds. The van der Waals surface area contributed by atoms with Crippen LogP contribution in [-0.4, -0.2) is 25.0 Å². The fraction of sp³-hybridized carbons (Fsp3) is 0.417. The molecule has 0 aromatic heterocycles. The van der Waals surface area contributed by atoms with Crippen LogP contribution in [0.1, 0.15) is 23.2 Å². The maximum absolute atomic E-state index is 11.8. The summed E-state index contributed by atoms with van der Waals surface area (Å²) in [4.78, 5) is 11.8. The van der Waals surface area contributed by atoms with Gasteiger partial charge in [0, 0.05) is 12.8 Å². The molecular weight excluding hydrogens is 208 g/mol. The van der Waals surface area contributed by atoms with Crippen LogP contribution in [0.25, 0.3) is 0 Å². The smallest absolute Gasteiger partial charge is 0.345 e. The Morgan fingerprint density at radius 2 is 1.81 bits per heavy atom. The number of benzene rings is 1. The summed E-state index contributed by atoms with van der Waals surface area (Å²) in [7, 11) is 0. The van der Waals surface area contributed by atoms with Crippen LogP contribution in [0.2, 0.25) is 0 Å². The zero-order chi connectivity index (χ0) is 11.0. The fourth-order valence-electron chi connectivity index (χ4n) is 2.06. The van der Waals surface area contributed by atoms with E-state index >= 15 is 0 Å². The maximum Gasteiger partial charge on any atom is 0.345 e. The van der Waals surface area contributed by atoms with Gasteiger partial charge in [-0.25, -0.2) is 4.79 Å². The van der Waals surface area contributed by atoms with Crippen molar-refractivity contribution in [2.45, 2.75) is 18.6 Å². The average Bonchev–Trinajstić information content (AvgIpc) is 2.30. The van der Waals surface area contributed by atoms with Crippen molar-refractivity contribution in [2.24, 2.45) is 0 Å². The monoisotopic (exact) mass is 220 g/mol. The lowest BCUT2D eigenvalue weighted by Gasteiger charge is -2.39. The van der Waals surface area contributed by atoms with Crippen molar-refractivity contribution in [3.63, 3.8) is 0 Å². The van der Waals surface area contributed by atoms with E-state index in [2.05, 4.69) is 0 Å². The normalized spacial score (nSPS) is 22.1. The first-order valence-electron chi connectivity index (χ1n) is 5.38. The van der Waals surface area contributed by atoms with Gasteiger partial charge in [0.2, 0.25) is 0 Å². The van der Waals surface area contributed by atoms with Gasteiger partial charge in [0.05, 0.1) is 13.2 Å². The van der Waals surface area contributed by atoms with Crippen molar-refractivity contribution in [1.29, 1.82) is 0 Å². The zero-order valence-corrected chi connectivity index (χ0v) is 8.77. The van der Waals surface area contributed by atoms with Crippen molar-refractivity contribution in [2.75, 3.05) is 13.2 Å². The summed E-state index contributed by atoms with van der Waals surface area (Å²) in [5.41, 5.74) is 0.500. The van der Waals surface area contributed by atoms with Gasteiger partial charge in [-0.15, -0.1) is 0 Å². The molecule has 4 heteroatoms. The molecule has 1 saturated heterocycles. The van der Waals surface area contributed by atoms with E-state index < -0.39 is 5.79 Å². The Bertz CT molecular complexity index is 421. The van der Waals surface area contributed by atoms with E-state index in [0.29, 0.717) is 37.4 Å². The minimum atomic E-state index is -0.802. The van der Waals surface area contributed by atoms with Crippen LogP contribution < -0.4 is 4.74 Å². The molecule has 0 aliphatic carbocycles. The molecule has 0 N–H and O–H groups in total. The second-order valence-corrected chi connectivity index (χ2v) is 4.01. The third-order valence-corrected chi connectivity index (χ3v) is 2.94. The van der Waals surface area contributed by atoms with E-state index in [1.54, 1.807) is 18.2 Å². The highest BCUT2D eigenvalue weighted by Gasteiger charge is 2.43. The first-order valence-corrected chi connectivity index (χ1v) is 5.38. The molecule has 0 unspecified atom stereocenters. The summed E-state index contributed by atoms with van der Waals surface area (Å²) >= 11 is 0. The average molecular weight is 220 g/mol. The second-order valence-electron chi connectivity index (χ2n) is 4.01. The molecule has 1 aromatic rings. The third kappa shape index (κ3) is 1.46. The van der Waals surface area contributed by atoms with E-state index in [1.807, 2.05) is 6.07 Å². The molecule has 2 aliphatic heterocycles. The van der Waals surface area contributed by atoms with Gasteiger partial charge in [0.15, 0.2) is 0 Å². The summed E-state index contributed by atoms with van der Waals surface area (Å²) < 4.78 is 16.5. The molecule has 0 atom stereocenters. The number of carbonyl (C=O) groups is 1. The molecule has 1 aromatic carbocycles. The lowest BCUT2D eigenvalue weighted by atomic mass is 10.0. The highest BCUT2D eigenvalue weighted by Crippen LogP contribution is 2.36. The van der Waals surface area contributed by atoms with Crippen LogP contribution in [-0.2, 0) is 9.47 Å². The molecule has 2 heterocycles. The number of hydrogen-bond acceptors (Lipinski definition) is 4. The van der Waals surface area contributed by atoms with Gasteiger partial charge >= 0.3 is 5.97 Å². The number of esters is 1. The van der Waals surface area contributed by atoms with E-state index in [1.165, 1.54) is 0 Å². The Morgan fingerprint density at radius 3 is 2.62 bits per heavy atom. The molecule has 0 bridgehead atoms.